The molecule has 2 heterocycles. The minimum absolute atomic E-state index is 0.343. The maximum atomic E-state index is 5.83. The third-order valence-corrected chi connectivity index (χ3v) is 4.16. The minimum atomic E-state index is 0.343. The Morgan fingerprint density at radius 1 is 1.24 bits per heavy atom. The number of hydrogen-bond donors (Lipinski definition) is 1. The van der Waals surface area contributed by atoms with Gasteiger partial charge in [-0.2, -0.15) is 5.10 Å². The van der Waals surface area contributed by atoms with Crippen LogP contribution < -0.4 is 10.1 Å². The summed E-state index contributed by atoms with van der Waals surface area (Å²) < 4.78 is 12.9. The first-order valence-corrected chi connectivity index (χ1v) is 8.46. The van der Waals surface area contributed by atoms with Crippen LogP contribution in [-0.4, -0.2) is 21.0 Å². The van der Waals surface area contributed by atoms with E-state index in [2.05, 4.69) is 34.6 Å². The molecule has 0 aliphatic rings. The van der Waals surface area contributed by atoms with Gasteiger partial charge in [-0.3, -0.25) is 4.68 Å². The molecule has 132 valence electrons. The number of nitrogens with zero attached hydrogens (tertiary/aromatic N) is 3. The molecule has 0 radical (unpaired) electrons. The van der Waals surface area contributed by atoms with Gasteiger partial charge in [0.25, 0.3) is 0 Å². The lowest BCUT2D eigenvalue weighted by Crippen LogP contribution is -2.30. The van der Waals surface area contributed by atoms with Gasteiger partial charge in [0, 0.05) is 25.0 Å². The molecule has 0 unspecified atom stereocenters. The molecule has 0 fully saturated rings. The standard InChI is InChI=1S/C19H24N4O2/c1-14(12-23-10-4-9-21-23)20-11-17-5-7-18(8-6-17)24-13-19-15(2)22-25-16(19)3/h4-10,14,20H,11-13H2,1-3H3/t14-/m0/s1. The van der Waals surface area contributed by atoms with Crippen LogP contribution >= 0.6 is 0 Å². The number of rotatable bonds is 8. The summed E-state index contributed by atoms with van der Waals surface area (Å²) in [5, 5.41) is 11.7. The van der Waals surface area contributed by atoms with Crippen molar-refractivity contribution >= 4 is 0 Å². The van der Waals surface area contributed by atoms with E-state index in [1.165, 1.54) is 5.56 Å². The molecule has 0 saturated carbocycles. The smallest absolute Gasteiger partial charge is 0.140 e. The quantitative estimate of drug-likeness (QED) is 0.682. The van der Waals surface area contributed by atoms with Crippen molar-refractivity contribution in [1.82, 2.24) is 20.3 Å². The zero-order chi connectivity index (χ0) is 17.6. The summed E-state index contributed by atoms with van der Waals surface area (Å²) >= 11 is 0. The van der Waals surface area contributed by atoms with Crippen molar-refractivity contribution in [3.8, 4) is 5.75 Å². The molecular formula is C19H24N4O2. The van der Waals surface area contributed by atoms with Crippen LogP contribution in [0.5, 0.6) is 5.75 Å². The lowest BCUT2D eigenvalue weighted by Gasteiger charge is -2.14. The lowest BCUT2D eigenvalue weighted by molar-refractivity contribution is 0.301. The lowest BCUT2D eigenvalue weighted by atomic mass is 10.2. The van der Waals surface area contributed by atoms with Crippen LogP contribution in [0.1, 0.15) is 29.5 Å². The summed E-state index contributed by atoms with van der Waals surface area (Å²) in [5.41, 5.74) is 3.11. The molecule has 25 heavy (non-hydrogen) atoms. The van der Waals surface area contributed by atoms with Gasteiger partial charge in [0.15, 0.2) is 0 Å². The number of benzene rings is 1. The maximum Gasteiger partial charge on any atom is 0.140 e. The van der Waals surface area contributed by atoms with Crippen LogP contribution in [0, 0.1) is 13.8 Å². The second-order valence-corrected chi connectivity index (χ2v) is 6.25. The molecule has 6 heteroatoms. The van der Waals surface area contributed by atoms with Crippen molar-refractivity contribution in [3.05, 3.63) is 65.3 Å². The number of ether oxygens (including phenoxy) is 1. The normalized spacial score (nSPS) is 12.3. The van der Waals surface area contributed by atoms with E-state index in [4.69, 9.17) is 9.26 Å². The van der Waals surface area contributed by atoms with Crippen molar-refractivity contribution in [2.24, 2.45) is 0 Å². The topological polar surface area (TPSA) is 65.1 Å². The second-order valence-electron chi connectivity index (χ2n) is 6.25. The fourth-order valence-electron chi connectivity index (χ4n) is 2.61. The van der Waals surface area contributed by atoms with Crippen molar-refractivity contribution < 1.29 is 9.26 Å². The number of aromatic nitrogens is 3. The average Bonchev–Trinajstić information content (AvgIpc) is 3.23. The molecule has 1 aromatic carbocycles. The third-order valence-electron chi connectivity index (χ3n) is 4.16. The SMILES string of the molecule is Cc1noc(C)c1COc1ccc(CN[C@@H](C)Cn2cccn2)cc1. The van der Waals surface area contributed by atoms with E-state index < -0.39 is 0 Å². The highest BCUT2D eigenvalue weighted by atomic mass is 16.5. The molecule has 2 aromatic heterocycles. The summed E-state index contributed by atoms with van der Waals surface area (Å²) in [6, 6.07) is 10.4. The monoisotopic (exact) mass is 340 g/mol. The van der Waals surface area contributed by atoms with E-state index in [9.17, 15) is 0 Å². The van der Waals surface area contributed by atoms with Gasteiger partial charge in [-0.15, -0.1) is 0 Å². The Kier molecular flexibility index (Phi) is 5.50. The summed E-state index contributed by atoms with van der Waals surface area (Å²) in [5.74, 6) is 1.65. The van der Waals surface area contributed by atoms with Gasteiger partial charge < -0.3 is 14.6 Å². The summed E-state index contributed by atoms with van der Waals surface area (Å²) in [7, 11) is 0. The molecule has 0 aliphatic heterocycles. The molecular weight excluding hydrogens is 316 g/mol. The Morgan fingerprint density at radius 3 is 2.68 bits per heavy atom. The largest absolute Gasteiger partial charge is 0.489 e. The summed E-state index contributed by atoms with van der Waals surface area (Å²) in [6.45, 7) is 8.12. The van der Waals surface area contributed by atoms with Gasteiger partial charge in [0.05, 0.1) is 17.8 Å². The first-order valence-electron chi connectivity index (χ1n) is 8.46. The fraction of sp³-hybridized carbons (Fsp3) is 0.368. The van der Waals surface area contributed by atoms with E-state index in [1.807, 2.05) is 42.9 Å². The van der Waals surface area contributed by atoms with E-state index in [-0.39, 0.29) is 0 Å². The van der Waals surface area contributed by atoms with E-state index in [0.717, 1.165) is 35.9 Å². The van der Waals surface area contributed by atoms with Crippen LogP contribution in [0.15, 0.2) is 47.2 Å². The van der Waals surface area contributed by atoms with Gasteiger partial charge in [-0.1, -0.05) is 17.3 Å². The van der Waals surface area contributed by atoms with Crippen LogP contribution in [-0.2, 0) is 19.7 Å². The van der Waals surface area contributed by atoms with Crippen molar-refractivity contribution in [2.75, 3.05) is 0 Å². The highest BCUT2D eigenvalue weighted by Crippen LogP contribution is 2.18. The molecule has 0 amide bonds. The Hall–Kier alpha value is -2.60. The Balaban J connectivity index is 1.47. The van der Waals surface area contributed by atoms with Crippen LogP contribution in [0.4, 0.5) is 0 Å². The zero-order valence-corrected chi connectivity index (χ0v) is 14.9. The van der Waals surface area contributed by atoms with E-state index in [0.29, 0.717) is 12.6 Å². The predicted molar refractivity (Wildman–Crippen MR) is 95.3 cm³/mol. The molecule has 0 saturated heterocycles. The Morgan fingerprint density at radius 2 is 2.04 bits per heavy atom. The first-order chi connectivity index (χ1) is 12.1. The number of aryl methyl sites for hydroxylation is 2. The minimum Gasteiger partial charge on any atom is -0.489 e. The fourth-order valence-corrected chi connectivity index (χ4v) is 2.61. The van der Waals surface area contributed by atoms with Gasteiger partial charge >= 0.3 is 0 Å². The van der Waals surface area contributed by atoms with E-state index >= 15 is 0 Å². The molecule has 0 spiro atoms. The molecule has 0 aliphatic carbocycles. The molecule has 3 rings (SSSR count). The Labute approximate surface area is 147 Å². The molecule has 3 aromatic rings. The summed E-state index contributed by atoms with van der Waals surface area (Å²) in [6.07, 6.45) is 3.78. The highest BCUT2D eigenvalue weighted by molar-refractivity contribution is 5.28. The van der Waals surface area contributed by atoms with Crippen LogP contribution in [0.3, 0.4) is 0 Å². The first kappa shape index (κ1) is 17.2. The number of nitrogens with one attached hydrogen (secondary N) is 1. The Bertz CT molecular complexity index is 759. The van der Waals surface area contributed by atoms with Gasteiger partial charge in [-0.25, -0.2) is 0 Å². The molecule has 6 nitrogen and oxygen atoms in total. The van der Waals surface area contributed by atoms with Crippen LogP contribution in [0.25, 0.3) is 0 Å². The third kappa shape index (κ3) is 4.70. The molecule has 0 bridgehead atoms. The highest BCUT2D eigenvalue weighted by Gasteiger charge is 2.09. The second kappa shape index (κ2) is 7.98. The predicted octanol–water partition coefficient (Wildman–Crippen LogP) is 3.25. The van der Waals surface area contributed by atoms with Crippen molar-refractivity contribution in [3.63, 3.8) is 0 Å². The summed E-state index contributed by atoms with van der Waals surface area (Å²) in [4.78, 5) is 0. The van der Waals surface area contributed by atoms with Gasteiger partial charge in [0.2, 0.25) is 0 Å². The van der Waals surface area contributed by atoms with E-state index in [1.54, 1.807) is 6.20 Å². The van der Waals surface area contributed by atoms with Crippen molar-refractivity contribution in [2.45, 2.75) is 46.5 Å². The van der Waals surface area contributed by atoms with Gasteiger partial charge in [-0.05, 0) is 44.5 Å². The zero-order valence-electron chi connectivity index (χ0n) is 14.9. The average molecular weight is 340 g/mol. The number of hydrogen-bond acceptors (Lipinski definition) is 5. The molecule has 1 atom stereocenters. The maximum absolute atomic E-state index is 5.83. The van der Waals surface area contributed by atoms with Gasteiger partial charge in [0.1, 0.15) is 18.1 Å². The van der Waals surface area contributed by atoms with Crippen LogP contribution in [0.2, 0.25) is 0 Å². The molecule has 1 N–H and O–H groups in total. The van der Waals surface area contributed by atoms with Crippen molar-refractivity contribution in [1.29, 1.82) is 0 Å².